The number of furan rings is 1. The summed E-state index contributed by atoms with van der Waals surface area (Å²) in [5.74, 6) is 0.679. The van der Waals surface area contributed by atoms with E-state index in [-0.39, 0.29) is 11.9 Å². The number of nitrogens with zero attached hydrogens (tertiary/aromatic N) is 1. The highest BCUT2D eigenvalue weighted by Crippen LogP contribution is 2.31. The Balaban J connectivity index is 2.02. The summed E-state index contributed by atoms with van der Waals surface area (Å²) in [6.07, 6.45) is 1.68. The molecule has 2 aromatic rings. The second kappa shape index (κ2) is 5.77. The molecule has 0 unspecified atom stereocenters. The molecule has 20 heavy (non-hydrogen) atoms. The van der Waals surface area contributed by atoms with Crippen LogP contribution in [0, 0.1) is 12.7 Å². The fraction of sp³-hybridized carbons (Fsp3) is 0.375. The van der Waals surface area contributed by atoms with Crippen molar-refractivity contribution < 1.29 is 8.81 Å². The Hall–Kier alpha value is -1.65. The van der Waals surface area contributed by atoms with E-state index in [2.05, 4.69) is 10.2 Å². The lowest BCUT2D eigenvalue weighted by Gasteiger charge is -2.34. The van der Waals surface area contributed by atoms with Crippen LogP contribution in [-0.4, -0.2) is 31.1 Å². The Morgan fingerprint density at radius 1 is 1.25 bits per heavy atom. The van der Waals surface area contributed by atoms with Crippen molar-refractivity contribution in [2.45, 2.75) is 13.0 Å². The quantitative estimate of drug-likeness (QED) is 0.933. The van der Waals surface area contributed by atoms with Gasteiger partial charge in [0.25, 0.3) is 0 Å². The van der Waals surface area contributed by atoms with Gasteiger partial charge in [-0.3, -0.25) is 4.90 Å². The van der Waals surface area contributed by atoms with E-state index in [0.29, 0.717) is 0 Å². The smallest absolute Gasteiger partial charge is 0.125 e. The molecule has 1 saturated heterocycles. The number of halogens is 1. The molecule has 0 radical (unpaired) electrons. The van der Waals surface area contributed by atoms with Crippen LogP contribution in [0.2, 0.25) is 0 Å². The van der Waals surface area contributed by atoms with E-state index in [1.54, 1.807) is 12.3 Å². The monoisotopic (exact) mass is 274 g/mol. The summed E-state index contributed by atoms with van der Waals surface area (Å²) >= 11 is 0. The highest BCUT2D eigenvalue weighted by molar-refractivity contribution is 5.34. The van der Waals surface area contributed by atoms with Crippen molar-refractivity contribution in [2.75, 3.05) is 26.2 Å². The number of benzene rings is 1. The third-order valence-corrected chi connectivity index (χ3v) is 3.87. The van der Waals surface area contributed by atoms with E-state index >= 15 is 0 Å². The molecule has 106 valence electrons. The molecule has 0 saturated carbocycles. The molecule has 1 aromatic heterocycles. The molecule has 1 N–H and O–H groups in total. The van der Waals surface area contributed by atoms with Crippen molar-refractivity contribution in [1.29, 1.82) is 0 Å². The van der Waals surface area contributed by atoms with Crippen LogP contribution in [0.4, 0.5) is 4.39 Å². The molecule has 3 rings (SSSR count). The zero-order valence-electron chi connectivity index (χ0n) is 11.6. The van der Waals surface area contributed by atoms with Crippen LogP contribution in [0.25, 0.3) is 0 Å². The second-order valence-corrected chi connectivity index (χ2v) is 5.20. The lowest BCUT2D eigenvalue weighted by atomic mass is 9.97. The number of aryl methyl sites for hydroxylation is 1. The first kappa shape index (κ1) is 13.3. The average molecular weight is 274 g/mol. The normalized spacial score (nSPS) is 18.1. The van der Waals surface area contributed by atoms with Gasteiger partial charge in [0.1, 0.15) is 11.6 Å². The number of hydrogen-bond donors (Lipinski definition) is 1. The maximum absolute atomic E-state index is 13.7. The largest absolute Gasteiger partial charge is 0.467 e. The summed E-state index contributed by atoms with van der Waals surface area (Å²) in [6.45, 7) is 5.78. The zero-order chi connectivity index (χ0) is 13.9. The zero-order valence-corrected chi connectivity index (χ0v) is 11.6. The molecule has 1 atom stereocenters. The number of hydrogen-bond acceptors (Lipinski definition) is 3. The van der Waals surface area contributed by atoms with Gasteiger partial charge in [0.05, 0.1) is 12.3 Å². The topological polar surface area (TPSA) is 28.4 Å². The summed E-state index contributed by atoms with van der Waals surface area (Å²) in [4.78, 5) is 2.34. The number of nitrogens with one attached hydrogen (secondary N) is 1. The Kier molecular flexibility index (Phi) is 3.85. The molecule has 3 nitrogen and oxygen atoms in total. The molecule has 1 aliphatic heterocycles. The van der Waals surface area contributed by atoms with Gasteiger partial charge in [-0.2, -0.15) is 0 Å². The summed E-state index contributed by atoms with van der Waals surface area (Å²) in [6, 6.07) is 8.82. The molecule has 1 aromatic carbocycles. The van der Waals surface area contributed by atoms with Gasteiger partial charge in [0.15, 0.2) is 0 Å². The fourth-order valence-electron chi connectivity index (χ4n) is 2.82. The molecule has 2 heterocycles. The Morgan fingerprint density at radius 3 is 2.75 bits per heavy atom. The third kappa shape index (κ3) is 2.62. The van der Waals surface area contributed by atoms with Gasteiger partial charge in [-0.1, -0.05) is 6.07 Å². The van der Waals surface area contributed by atoms with Gasteiger partial charge in [0.2, 0.25) is 0 Å². The van der Waals surface area contributed by atoms with E-state index in [1.807, 2.05) is 25.1 Å². The van der Waals surface area contributed by atoms with Crippen LogP contribution in [0.15, 0.2) is 41.0 Å². The number of rotatable bonds is 3. The van der Waals surface area contributed by atoms with Crippen molar-refractivity contribution in [1.82, 2.24) is 10.2 Å². The molecule has 4 heteroatoms. The minimum atomic E-state index is -0.197. The van der Waals surface area contributed by atoms with Crippen molar-refractivity contribution >= 4 is 0 Å². The summed E-state index contributed by atoms with van der Waals surface area (Å²) < 4.78 is 19.3. The molecule has 1 aliphatic rings. The maximum Gasteiger partial charge on any atom is 0.125 e. The first-order valence-corrected chi connectivity index (χ1v) is 7.00. The Labute approximate surface area is 118 Å². The van der Waals surface area contributed by atoms with E-state index in [4.69, 9.17) is 4.42 Å². The van der Waals surface area contributed by atoms with Crippen molar-refractivity contribution in [3.63, 3.8) is 0 Å². The summed E-state index contributed by atoms with van der Waals surface area (Å²) in [5, 5.41) is 3.35. The predicted octanol–water partition coefficient (Wildman–Crippen LogP) is 2.72. The van der Waals surface area contributed by atoms with Crippen LogP contribution in [0.1, 0.15) is 22.9 Å². The summed E-state index contributed by atoms with van der Waals surface area (Å²) in [7, 11) is 0. The van der Waals surface area contributed by atoms with Gasteiger partial charge in [0, 0.05) is 26.2 Å². The van der Waals surface area contributed by atoms with Crippen LogP contribution in [-0.2, 0) is 0 Å². The first-order valence-electron chi connectivity index (χ1n) is 7.00. The van der Waals surface area contributed by atoms with Crippen molar-refractivity contribution in [3.05, 3.63) is 59.3 Å². The van der Waals surface area contributed by atoms with Gasteiger partial charge in [-0.25, -0.2) is 4.39 Å². The van der Waals surface area contributed by atoms with Crippen molar-refractivity contribution in [2.24, 2.45) is 0 Å². The summed E-state index contributed by atoms with van der Waals surface area (Å²) in [5.41, 5.74) is 2.08. The third-order valence-electron chi connectivity index (χ3n) is 3.87. The van der Waals surface area contributed by atoms with Crippen molar-refractivity contribution in [3.8, 4) is 0 Å². The highest BCUT2D eigenvalue weighted by atomic mass is 19.1. The second-order valence-electron chi connectivity index (χ2n) is 5.20. The Bertz CT molecular complexity index is 562. The van der Waals surface area contributed by atoms with Gasteiger partial charge < -0.3 is 9.73 Å². The lowest BCUT2D eigenvalue weighted by molar-refractivity contribution is 0.179. The maximum atomic E-state index is 13.7. The van der Waals surface area contributed by atoms with Gasteiger partial charge in [-0.15, -0.1) is 0 Å². The minimum absolute atomic E-state index is 0.0113. The van der Waals surface area contributed by atoms with Crippen LogP contribution < -0.4 is 5.32 Å². The average Bonchev–Trinajstić information content (AvgIpc) is 2.98. The molecule has 0 amide bonds. The first-order chi connectivity index (χ1) is 9.75. The van der Waals surface area contributed by atoms with Gasteiger partial charge in [-0.05, 0) is 42.3 Å². The Morgan fingerprint density at radius 2 is 2.05 bits per heavy atom. The molecule has 1 fully saturated rings. The van der Waals surface area contributed by atoms with E-state index in [1.165, 1.54) is 6.07 Å². The van der Waals surface area contributed by atoms with E-state index < -0.39 is 0 Å². The minimum Gasteiger partial charge on any atom is -0.467 e. The predicted molar refractivity (Wildman–Crippen MR) is 76.1 cm³/mol. The van der Waals surface area contributed by atoms with Crippen LogP contribution in [0.5, 0.6) is 0 Å². The van der Waals surface area contributed by atoms with Gasteiger partial charge >= 0.3 is 0 Å². The molecule has 0 spiro atoms. The SMILES string of the molecule is Cc1ccc(F)cc1[C@@H](c1ccco1)N1CCNCC1. The van der Waals surface area contributed by atoms with Crippen LogP contribution >= 0.6 is 0 Å². The molecular weight excluding hydrogens is 255 g/mol. The molecule has 0 aliphatic carbocycles. The molecular formula is C16H19FN2O. The molecule has 0 bridgehead atoms. The van der Waals surface area contributed by atoms with E-state index in [0.717, 1.165) is 43.1 Å². The lowest BCUT2D eigenvalue weighted by Crippen LogP contribution is -2.45. The van der Waals surface area contributed by atoms with E-state index in [9.17, 15) is 4.39 Å². The standard InChI is InChI=1S/C16H19FN2O/c1-12-4-5-13(17)11-14(12)16(15-3-2-10-20-15)19-8-6-18-7-9-19/h2-5,10-11,16,18H,6-9H2,1H3/t16-/m0/s1. The highest BCUT2D eigenvalue weighted by Gasteiger charge is 2.27. The fourth-order valence-corrected chi connectivity index (χ4v) is 2.82. The number of piperazine rings is 1. The van der Waals surface area contributed by atoms with Crippen LogP contribution in [0.3, 0.4) is 0 Å².